The van der Waals surface area contributed by atoms with Gasteiger partial charge in [-0.15, -0.1) is 0 Å². The minimum Gasteiger partial charge on any atom is -0.323 e. The summed E-state index contributed by atoms with van der Waals surface area (Å²) in [5.74, 6) is -1.96. The summed E-state index contributed by atoms with van der Waals surface area (Å²) in [6.07, 6.45) is -3.72. The number of nitrogens with one attached hydrogen (secondary N) is 2. The van der Waals surface area contributed by atoms with Crippen molar-refractivity contribution in [2.75, 3.05) is 10.6 Å². The Kier molecular flexibility index (Phi) is 5.89. The molecule has 4 rings (SSSR count). The van der Waals surface area contributed by atoms with Gasteiger partial charge < -0.3 is 15.2 Å². The zero-order chi connectivity index (χ0) is 23.9. The molecule has 33 heavy (non-hydrogen) atoms. The van der Waals surface area contributed by atoms with E-state index in [1.54, 1.807) is 25.2 Å². The zero-order valence-corrected chi connectivity index (χ0v) is 18.1. The molecule has 0 bridgehead atoms. The Bertz CT molecular complexity index is 1370. The van der Waals surface area contributed by atoms with Gasteiger partial charge in [-0.2, -0.15) is 13.2 Å². The van der Waals surface area contributed by atoms with Gasteiger partial charge >= 0.3 is 6.18 Å². The molecule has 0 saturated heterocycles. The number of halogens is 6. The molecule has 170 valence electrons. The number of benzene rings is 2. The van der Waals surface area contributed by atoms with Gasteiger partial charge in [0.2, 0.25) is 5.95 Å². The Hall–Kier alpha value is -3.37. The van der Waals surface area contributed by atoms with E-state index in [2.05, 4.69) is 20.6 Å². The Balaban J connectivity index is 1.66. The van der Waals surface area contributed by atoms with Gasteiger partial charge in [0.15, 0.2) is 0 Å². The van der Waals surface area contributed by atoms with Crippen LogP contribution in [0.15, 0.2) is 48.7 Å². The van der Waals surface area contributed by atoms with Crippen molar-refractivity contribution < 1.29 is 22.4 Å². The van der Waals surface area contributed by atoms with Crippen LogP contribution in [0.4, 0.5) is 35.0 Å². The van der Waals surface area contributed by atoms with E-state index < -0.39 is 29.0 Å². The number of carbonyl (C=O) groups excluding carboxylic acids is 1. The number of aryl methyl sites for hydroxylation is 1. The zero-order valence-electron chi connectivity index (χ0n) is 16.6. The fraction of sp³-hybridized carbons (Fsp3) is 0.0952. The molecule has 12 heteroatoms. The van der Waals surface area contributed by atoms with Gasteiger partial charge in [-0.3, -0.25) is 4.79 Å². The lowest BCUT2D eigenvalue weighted by molar-refractivity contribution is -0.137. The first kappa shape index (κ1) is 22.8. The van der Waals surface area contributed by atoms with Crippen LogP contribution in [0.5, 0.6) is 0 Å². The second-order valence-electron chi connectivity index (χ2n) is 6.92. The number of para-hydroxylation sites is 1. The van der Waals surface area contributed by atoms with Gasteiger partial charge in [0.05, 0.1) is 37.9 Å². The number of fused-ring (bicyclic) bond motifs is 1. The third-order valence-electron chi connectivity index (χ3n) is 4.74. The molecule has 0 saturated carbocycles. The number of hydrogen-bond acceptors (Lipinski definition) is 4. The number of pyridine rings is 1. The van der Waals surface area contributed by atoms with Crippen LogP contribution in [0, 0.1) is 5.82 Å². The maximum atomic E-state index is 14.7. The maximum Gasteiger partial charge on any atom is 0.416 e. The summed E-state index contributed by atoms with van der Waals surface area (Å²) in [6, 6.07) is 8.62. The second kappa shape index (κ2) is 8.53. The van der Waals surface area contributed by atoms with Crippen molar-refractivity contribution in [3.63, 3.8) is 0 Å². The van der Waals surface area contributed by atoms with Gasteiger partial charge in [0, 0.05) is 19.3 Å². The molecule has 0 aliphatic rings. The largest absolute Gasteiger partial charge is 0.416 e. The summed E-state index contributed by atoms with van der Waals surface area (Å²) in [7, 11) is 1.62. The van der Waals surface area contributed by atoms with E-state index in [-0.39, 0.29) is 17.3 Å². The Labute approximate surface area is 194 Å². The second-order valence-corrected chi connectivity index (χ2v) is 7.73. The SMILES string of the molecule is Cn1c(Nc2c(Cl)cccc2Cl)nc2cc(C(=O)Nc3cc(C(F)(F)F)ccn3)c(F)cc21. The molecule has 0 unspecified atom stereocenters. The van der Waals surface area contributed by atoms with Crippen LogP contribution < -0.4 is 10.6 Å². The van der Waals surface area contributed by atoms with E-state index in [4.69, 9.17) is 23.2 Å². The summed E-state index contributed by atoms with van der Waals surface area (Å²) < 4.78 is 54.9. The average Bonchev–Trinajstić information content (AvgIpc) is 3.04. The van der Waals surface area contributed by atoms with Crippen molar-refractivity contribution in [2.45, 2.75) is 6.18 Å². The van der Waals surface area contributed by atoms with Crippen LogP contribution in [0.25, 0.3) is 11.0 Å². The standard InChI is InChI=1S/C21H13Cl2F4N5O/c1-32-16-9-14(24)11(19(33)30-17-7-10(5-6-28-17)21(25,26)27)8-15(16)29-20(32)31-18-12(22)3-2-4-13(18)23/h2-9H,1H3,(H,29,31)(H,28,30,33). The maximum absolute atomic E-state index is 14.7. The van der Waals surface area contributed by atoms with Crippen molar-refractivity contribution in [1.29, 1.82) is 0 Å². The quantitative estimate of drug-likeness (QED) is 0.318. The molecule has 0 spiro atoms. The van der Waals surface area contributed by atoms with Crippen molar-refractivity contribution in [2.24, 2.45) is 7.05 Å². The molecule has 0 fully saturated rings. The summed E-state index contributed by atoms with van der Waals surface area (Å²) in [4.78, 5) is 20.6. The fourth-order valence-corrected chi connectivity index (χ4v) is 3.58. The average molecular weight is 498 g/mol. The molecule has 2 aromatic heterocycles. The summed E-state index contributed by atoms with van der Waals surface area (Å²) in [5.41, 5.74) is -0.406. The molecular formula is C21H13Cl2F4N5O. The molecule has 0 atom stereocenters. The Morgan fingerprint density at radius 3 is 2.45 bits per heavy atom. The van der Waals surface area contributed by atoms with E-state index in [0.717, 1.165) is 18.3 Å². The first-order chi connectivity index (χ1) is 15.5. The summed E-state index contributed by atoms with van der Waals surface area (Å²) >= 11 is 12.3. The highest BCUT2D eigenvalue weighted by Gasteiger charge is 2.31. The molecular weight excluding hydrogens is 485 g/mol. The van der Waals surface area contributed by atoms with E-state index >= 15 is 0 Å². The molecule has 6 nitrogen and oxygen atoms in total. The number of amides is 1. The third kappa shape index (κ3) is 4.57. The highest BCUT2D eigenvalue weighted by Crippen LogP contribution is 2.34. The predicted octanol–water partition coefficient (Wildman–Crippen LogP) is 6.43. The Morgan fingerprint density at radius 1 is 1.09 bits per heavy atom. The highest BCUT2D eigenvalue weighted by molar-refractivity contribution is 6.39. The number of hydrogen-bond donors (Lipinski definition) is 2. The molecule has 0 aliphatic carbocycles. The molecule has 4 aromatic rings. The number of nitrogens with zero attached hydrogens (tertiary/aromatic N) is 3. The molecule has 2 aromatic carbocycles. The third-order valence-corrected chi connectivity index (χ3v) is 5.37. The summed E-state index contributed by atoms with van der Waals surface area (Å²) in [6.45, 7) is 0. The topological polar surface area (TPSA) is 71.8 Å². The Morgan fingerprint density at radius 2 is 1.79 bits per heavy atom. The van der Waals surface area contributed by atoms with Crippen molar-refractivity contribution in [3.05, 3.63) is 75.7 Å². The van der Waals surface area contributed by atoms with Gasteiger partial charge in [0.25, 0.3) is 5.91 Å². The van der Waals surface area contributed by atoms with Gasteiger partial charge in [-0.05, 0) is 30.3 Å². The van der Waals surface area contributed by atoms with Crippen LogP contribution >= 0.6 is 23.2 Å². The predicted molar refractivity (Wildman–Crippen MR) is 118 cm³/mol. The smallest absolute Gasteiger partial charge is 0.323 e. The van der Waals surface area contributed by atoms with Crippen molar-refractivity contribution >= 4 is 57.6 Å². The van der Waals surface area contributed by atoms with E-state index in [1.807, 2.05) is 0 Å². The normalized spacial score (nSPS) is 11.6. The van der Waals surface area contributed by atoms with Gasteiger partial charge in [-0.25, -0.2) is 14.4 Å². The van der Waals surface area contributed by atoms with Crippen LogP contribution in [-0.2, 0) is 13.2 Å². The number of rotatable bonds is 4. The molecule has 0 aliphatic heterocycles. The monoisotopic (exact) mass is 497 g/mol. The number of anilines is 3. The molecule has 0 radical (unpaired) electrons. The molecule has 2 N–H and O–H groups in total. The summed E-state index contributed by atoms with van der Waals surface area (Å²) in [5, 5.41) is 5.84. The van der Waals surface area contributed by atoms with E-state index in [1.165, 1.54) is 10.6 Å². The minimum atomic E-state index is -4.62. The van der Waals surface area contributed by atoms with E-state index in [9.17, 15) is 22.4 Å². The number of alkyl halides is 3. The van der Waals surface area contributed by atoms with Crippen LogP contribution in [0.3, 0.4) is 0 Å². The number of imidazole rings is 1. The first-order valence-electron chi connectivity index (χ1n) is 9.26. The lowest BCUT2D eigenvalue weighted by atomic mass is 10.1. The fourth-order valence-electron chi connectivity index (χ4n) is 3.09. The lowest BCUT2D eigenvalue weighted by Crippen LogP contribution is -2.16. The van der Waals surface area contributed by atoms with Crippen molar-refractivity contribution in [3.8, 4) is 0 Å². The minimum absolute atomic E-state index is 0.256. The van der Waals surface area contributed by atoms with Crippen LogP contribution in [0.1, 0.15) is 15.9 Å². The number of carbonyl (C=O) groups is 1. The van der Waals surface area contributed by atoms with Gasteiger partial charge in [0.1, 0.15) is 11.6 Å². The lowest BCUT2D eigenvalue weighted by Gasteiger charge is -2.10. The van der Waals surface area contributed by atoms with Crippen molar-refractivity contribution in [1.82, 2.24) is 14.5 Å². The van der Waals surface area contributed by atoms with Crippen LogP contribution in [-0.4, -0.2) is 20.4 Å². The highest BCUT2D eigenvalue weighted by atomic mass is 35.5. The molecule has 1 amide bonds. The number of aromatic nitrogens is 3. The first-order valence-corrected chi connectivity index (χ1v) is 10.0. The van der Waals surface area contributed by atoms with Crippen LogP contribution in [0.2, 0.25) is 10.0 Å². The molecule has 2 heterocycles. The van der Waals surface area contributed by atoms with E-state index in [0.29, 0.717) is 27.3 Å². The van der Waals surface area contributed by atoms with Gasteiger partial charge in [-0.1, -0.05) is 29.3 Å².